The van der Waals surface area contributed by atoms with Crippen LogP contribution in [0.4, 0.5) is 0 Å². The van der Waals surface area contributed by atoms with Crippen molar-refractivity contribution < 1.29 is 4.74 Å². The maximum absolute atomic E-state index is 6.11. The summed E-state index contributed by atoms with van der Waals surface area (Å²) in [6.45, 7) is 2.57. The highest BCUT2D eigenvalue weighted by atomic mass is 35.5. The molecule has 0 fully saturated rings. The second kappa shape index (κ2) is 4.85. The van der Waals surface area contributed by atoms with Gasteiger partial charge in [0.05, 0.1) is 12.3 Å². The maximum atomic E-state index is 6.11. The van der Waals surface area contributed by atoms with Gasteiger partial charge in [0.1, 0.15) is 23.9 Å². The highest BCUT2D eigenvalue weighted by Crippen LogP contribution is 2.24. The lowest BCUT2D eigenvalue weighted by Crippen LogP contribution is -1.96. The number of hydrogen-bond acceptors (Lipinski definition) is 4. The monoisotopic (exact) mass is 274 g/mol. The number of hydrogen-bond donors (Lipinski definition) is 0. The van der Waals surface area contributed by atoms with Crippen LogP contribution < -0.4 is 4.74 Å². The van der Waals surface area contributed by atoms with Gasteiger partial charge in [-0.15, -0.1) is 0 Å². The molecule has 0 aliphatic rings. The number of benzene rings is 1. The predicted molar refractivity (Wildman–Crippen MR) is 72.8 cm³/mol. The highest BCUT2D eigenvalue weighted by Gasteiger charge is 2.10. The van der Waals surface area contributed by atoms with Gasteiger partial charge in [-0.2, -0.15) is 0 Å². The van der Waals surface area contributed by atoms with Gasteiger partial charge in [-0.3, -0.25) is 4.57 Å². The van der Waals surface area contributed by atoms with Crippen LogP contribution in [0.5, 0.6) is 5.75 Å². The maximum Gasteiger partial charge on any atom is 0.182 e. The molecule has 96 valence electrons. The minimum absolute atomic E-state index is 0.379. The van der Waals surface area contributed by atoms with Crippen molar-refractivity contribution in [1.82, 2.24) is 19.5 Å². The molecular formula is C13H11ClN4O. The average molecular weight is 275 g/mol. The summed E-state index contributed by atoms with van der Waals surface area (Å²) in [5, 5.41) is 0.379. The van der Waals surface area contributed by atoms with Crippen molar-refractivity contribution >= 4 is 22.8 Å². The largest absolute Gasteiger partial charge is 0.494 e. The molecule has 0 N–H and O–H groups in total. The number of nitrogens with zero attached hydrogens (tertiary/aromatic N) is 4. The number of rotatable bonds is 3. The van der Waals surface area contributed by atoms with Gasteiger partial charge in [0, 0.05) is 6.07 Å². The van der Waals surface area contributed by atoms with Crippen molar-refractivity contribution in [2.24, 2.45) is 0 Å². The summed E-state index contributed by atoms with van der Waals surface area (Å²) in [4.78, 5) is 12.3. The van der Waals surface area contributed by atoms with E-state index < -0.39 is 0 Å². The molecule has 3 aromatic rings. The Bertz CT molecular complexity index is 725. The first-order valence-corrected chi connectivity index (χ1v) is 6.24. The minimum Gasteiger partial charge on any atom is -0.494 e. The fourth-order valence-corrected chi connectivity index (χ4v) is 2.13. The standard InChI is InChI=1S/C13H11ClN4O/c1-2-19-10-5-3-4-9(6-10)18-8-17-13-11(18)12(14)15-7-16-13/h3-8H,2H2,1H3. The van der Waals surface area contributed by atoms with Gasteiger partial charge in [0.25, 0.3) is 0 Å². The summed E-state index contributed by atoms with van der Waals surface area (Å²) in [6, 6.07) is 7.70. The topological polar surface area (TPSA) is 52.8 Å². The third-order valence-electron chi connectivity index (χ3n) is 2.70. The summed E-state index contributed by atoms with van der Waals surface area (Å²) in [6.07, 6.45) is 3.08. The van der Waals surface area contributed by atoms with Crippen molar-refractivity contribution in [1.29, 1.82) is 0 Å². The molecule has 3 rings (SSSR count). The number of ether oxygens (including phenoxy) is 1. The summed E-state index contributed by atoms with van der Waals surface area (Å²) < 4.78 is 7.34. The van der Waals surface area contributed by atoms with E-state index in [1.807, 2.05) is 35.8 Å². The molecule has 0 aliphatic carbocycles. The van der Waals surface area contributed by atoms with Gasteiger partial charge >= 0.3 is 0 Å². The molecule has 0 radical (unpaired) electrons. The normalized spacial score (nSPS) is 10.8. The lowest BCUT2D eigenvalue weighted by molar-refractivity contribution is 0.340. The zero-order valence-corrected chi connectivity index (χ0v) is 11.0. The van der Waals surface area contributed by atoms with Crippen LogP contribution >= 0.6 is 11.6 Å². The van der Waals surface area contributed by atoms with Crippen molar-refractivity contribution in [3.05, 3.63) is 42.1 Å². The first-order valence-electron chi connectivity index (χ1n) is 5.86. The molecule has 0 saturated carbocycles. The van der Waals surface area contributed by atoms with Gasteiger partial charge in [-0.25, -0.2) is 15.0 Å². The second-order valence-electron chi connectivity index (χ2n) is 3.88. The highest BCUT2D eigenvalue weighted by molar-refractivity contribution is 6.33. The van der Waals surface area contributed by atoms with Gasteiger partial charge in [-0.05, 0) is 19.1 Å². The first kappa shape index (κ1) is 11.9. The molecule has 6 heteroatoms. The Balaban J connectivity index is 2.16. The van der Waals surface area contributed by atoms with Crippen molar-refractivity contribution in [2.75, 3.05) is 6.61 Å². The van der Waals surface area contributed by atoms with Crippen molar-refractivity contribution in [3.8, 4) is 11.4 Å². The molecule has 2 aromatic heterocycles. The van der Waals surface area contributed by atoms with E-state index in [2.05, 4.69) is 15.0 Å². The lowest BCUT2D eigenvalue weighted by atomic mass is 10.3. The number of fused-ring (bicyclic) bond motifs is 1. The Hall–Kier alpha value is -2.14. The Morgan fingerprint density at radius 1 is 1.26 bits per heavy atom. The van der Waals surface area contributed by atoms with E-state index in [-0.39, 0.29) is 0 Å². The van der Waals surface area contributed by atoms with Crippen LogP contribution in [0.2, 0.25) is 5.15 Å². The van der Waals surface area contributed by atoms with E-state index in [1.54, 1.807) is 6.33 Å². The molecule has 0 bridgehead atoms. The molecule has 0 aliphatic heterocycles. The van der Waals surface area contributed by atoms with E-state index in [0.29, 0.717) is 22.9 Å². The quantitative estimate of drug-likeness (QED) is 0.689. The smallest absolute Gasteiger partial charge is 0.182 e. The third-order valence-corrected chi connectivity index (χ3v) is 2.98. The summed E-state index contributed by atoms with van der Waals surface area (Å²) in [5.74, 6) is 0.801. The fourth-order valence-electron chi connectivity index (χ4n) is 1.91. The Kier molecular flexibility index (Phi) is 3.05. The number of aromatic nitrogens is 4. The summed E-state index contributed by atoms with van der Waals surface area (Å²) in [7, 11) is 0. The molecule has 19 heavy (non-hydrogen) atoms. The van der Waals surface area contributed by atoms with Crippen molar-refractivity contribution in [3.63, 3.8) is 0 Å². The minimum atomic E-state index is 0.379. The van der Waals surface area contributed by atoms with E-state index in [0.717, 1.165) is 11.4 Å². The van der Waals surface area contributed by atoms with Crippen LogP contribution in [0.25, 0.3) is 16.9 Å². The van der Waals surface area contributed by atoms with Gasteiger partial charge in [0.2, 0.25) is 0 Å². The number of halogens is 1. The van der Waals surface area contributed by atoms with Gasteiger partial charge in [-0.1, -0.05) is 17.7 Å². The van der Waals surface area contributed by atoms with Crippen LogP contribution in [-0.4, -0.2) is 26.1 Å². The zero-order valence-electron chi connectivity index (χ0n) is 10.2. The average Bonchev–Trinajstić information content (AvgIpc) is 2.85. The van der Waals surface area contributed by atoms with Crippen LogP contribution in [0.3, 0.4) is 0 Å². The Labute approximate surface area is 114 Å². The molecule has 5 nitrogen and oxygen atoms in total. The lowest BCUT2D eigenvalue weighted by Gasteiger charge is -2.07. The molecule has 0 saturated heterocycles. The fraction of sp³-hybridized carbons (Fsp3) is 0.154. The van der Waals surface area contributed by atoms with Crippen LogP contribution in [0, 0.1) is 0 Å². The van der Waals surface area contributed by atoms with E-state index in [4.69, 9.17) is 16.3 Å². The van der Waals surface area contributed by atoms with Crippen molar-refractivity contribution in [2.45, 2.75) is 6.92 Å². The molecule has 0 atom stereocenters. The second-order valence-corrected chi connectivity index (χ2v) is 4.24. The van der Waals surface area contributed by atoms with Gasteiger partial charge in [0.15, 0.2) is 10.8 Å². The van der Waals surface area contributed by atoms with E-state index in [9.17, 15) is 0 Å². The molecule has 2 heterocycles. The molecular weight excluding hydrogens is 264 g/mol. The molecule has 1 aromatic carbocycles. The van der Waals surface area contributed by atoms with E-state index in [1.165, 1.54) is 6.33 Å². The summed E-state index contributed by atoms with van der Waals surface area (Å²) in [5.41, 5.74) is 2.17. The third kappa shape index (κ3) is 2.13. The molecule has 0 spiro atoms. The molecule has 0 unspecified atom stereocenters. The van der Waals surface area contributed by atoms with Crippen LogP contribution in [-0.2, 0) is 0 Å². The van der Waals surface area contributed by atoms with E-state index >= 15 is 0 Å². The Morgan fingerprint density at radius 3 is 3.00 bits per heavy atom. The first-order chi connectivity index (χ1) is 9.29. The van der Waals surface area contributed by atoms with Crippen LogP contribution in [0.1, 0.15) is 6.92 Å². The van der Waals surface area contributed by atoms with Crippen LogP contribution in [0.15, 0.2) is 36.9 Å². The predicted octanol–water partition coefficient (Wildman–Crippen LogP) is 2.87. The molecule has 0 amide bonds. The Morgan fingerprint density at radius 2 is 2.16 bits per heavy atom. The summed E-state index contributed by atoms with van der Waals surface area (Å²) >= 11 is 6.11. The zero-order chi connectivity index (χ0) is 13.2. The number of imidazole rings is 1. The van der Waals surface area contributed by atoms with Gasteiger partial charge < -0.3 is 4.74 Å². The SMILES string of the molecule is CCOc1cccc(-n2cnc3ncnc(Cl)c32)c1.